The van der Waals surface area contributed by atoms with Gasteiger partial charge >= 0.3 is 0 Å². The Morgan fingerprint density at radius 3 is 2.27 bits per heavy atom. The smallest absolute Gasteiger partial charge is 0.0707 e. The number of alkyl halides is 1. The third-order valence-corrected chi connectivity index (χ3v) is 2.12. The summed E-state index contributed by atoms with van der Waals surface area (Å²) < 4.78 is 0. The van der Waals surface area contributed by atoms with Crippen LogP contribution >= 0.6 is 23.2 Å². The van der Waals surface area contributed by atoms with Crippen LogP contribution in [0.4, 0.5) is 0 Å². The third kappa shape index (κ3) is 2.37. The Morgan fingerprint density at radius 1 is 1.27 bits per heavy atom. The summed E-state index contributed by atoms with van der Waals surface area (Å²) >= 11 is 11.6. The van der Waals surface area contributed by atoms with Crippen molar-refractivity contribution in [1.82, 2.24) is 0 Å². The minimum atomic E-state index is -0.104. The Bertz CT molecular complexity index is 220. The Kier molecular flexibility index (Phi) is 3.18. The first kappa shape index (κ1) is 8.85. The van der Waals surface area contributed by atoms with Gasteiger partial charge in [0.15, 0.2) is 0 Å². The first-order valence-corrected chi connectivity index (χ1v) is 4.15. The lowest BCUT2D eigenvalue weighted by atomic mass is 10.1. The molecule has 0 aliphatic heterocycles. The van der Waals surface area contributed by atoms with E-state index >= 15 is 0 Å². The summed E-state index contributed by atoms with van der Waals surface area (Å²) in [5.74, 6) is 0. The van der Waals surface area contributed by atoms with Gasteiger partial charge in [0.2, 0.25) is 0 Å². The van der Waals surface area contributed by atoms with Crippen LogP contribution in [-0.4, -0.2) is 6.54 Å². The lowest BCUT2D eigenvalue weighted by Crippen LogP contribution is -2.06. The zero-order chi connectivity index (χ0) is 8.27. The highest BCUT2D eigenvalue weighted by Gasteiger charge is 2.03. The maximum Gasteiger partial charge on any atom is 0.0707 e. The minimum Gasteiger partial charge on any atom is -0.329 e. The molecule has 1 aromatic rings. The predicted octanol–water partition coefficient (Wildman–Crippen LogP) is 2.58. The Labute approximate surface area is 76.1 Å². The van der Waals surface area contributed by atoms with Crippen LogP contribution in [0, 0.1) is 0 Å². The summed E-state index contributed by atoms with van der Waals surface area (Å²) in [4.78, 5) is 0. The van der Waals surface area contributed by atoms with E-state index in [1.54, 1.807) is 0 Å². The molecule has 0 bridgehead atoms. The second-order valence-corrected chi connectivity index (χ2v) is 3.22. The lowest BCUT2D eigenvalue weighted by molar-refractivity contribution is 0.930. The number of nitrogens with two attached hydrogens (primary N) is 1. The van der Waals surface area contributed by atoms with Gasteiger partial charge in [-0.2, -0.15) is 0 Å². The van der Waals surface area contributed by atoms with E-state index in [2.05, 4.69) is 0 Å². The van der Waals surface area contributed by atoms with Crippen molar-refractivity contribution in [2.45, 2.75) is 5.38 Å². The molecule has 3 heteroatoms. The predicted molar refractivity (Wildman–Crippen MR) is 49.1 cm³/mol. The number of rotatable bonds is 2. The topological polar surface area (TPSA) is 26.0 Å². The van der Waals surface area contributed by atoms with Crippen molar-refractivity contribution in [3.05, 3.63) is 34.9 Å². The first-order valence-electron chi connectivity index (χ1n) is 3.33. The van der Waals surface area contributed by atoms with Gasteiger partial charge in [0, 0.05) is 11.6 Å². The van der Waals surface area contributed by atoms with Crippen LogP contribution in [0.25, 0.3) is 0 Å². The van der Waals surface area contributed by atoms with E-state index in [0.29, 0.717) is 6.54 Å². The molecule has 0 aliphatic rings. The highest BCUT2D eigenvalue weighted by Crippen LogP contribution is 2.20. The molecule has 0 saturated heterocycles. The molecule has 0 heterocycles. The largest absolute Gasteiger partial charge is 0.329 e. The fraction of sp³-hybridized carbons (Fsp3) is 0.250. The van der Waals surface area contributed by atoms with Crippen molar-refractivity contribution in [2.75, 3.05) is 6.54 Å². The van der Waals surface area contributed by atoms with E-state index in [9.17, 15) is 0 Å². The van der Waals surface area contributed by atoms with Crippen LogP contribution in [0.1, 0.15) is 10.9 Å². The summed E-state index contributed by atoms with van der Waals surface area (Å²) in [6.07, 6.45) is 0. The minimum absolute atomic E-state index is 0.104. The van der Waals surface area contributed by atoms with E-state index in [-0.39, 0.29) is 5.38 Å². The highest BCUT2D eigenvalue weighted by molar-refractivity contribution is 6.30. The van der Waals surface area contributed by atoms with Crippen molar-refractivity contribution < 1.29 is 0 Å². The molecular weight excluding hydrogens is 181 g/mol. The molecule has 0 spiro atoms. The summed E-state index contributed by atoms with van der Waals surface area (Å²) in [5.41, 5.74) is 6.39. The van der Waals surface area contributed by atoms with Gasteiger partial charge in [0.05, 0.1) is 5.38 Å². The van der Waals surface area contributed by atoms with Gasteiger partial charge in [0.1, 0.15) is 0 Å². The van der Waals surface area contributed by atoms with Gasteiger partial charge in [-0.05, 0) is 17.7 Å². The molecule has 0 aliphatic carbocycles. The van der Waals surface area contributed by atoms with Crippen LogP contribution in [0.3, 0.4) is 0 Å². The molecule has 2 N–H and O–H groups in total. The second-order valence-electron chi connectivity index (χ2n) is 2.25. The fourth-order valence-electron chi connectivity index (χ4n) is 0.808. The molecule has 11 heavy (non-hydrogen) atoms. The summed E-state index contributed by atoms with van der Waals surface area (Å²) in [5, 5.41) is 0.613. The Balaban J connectivity index is 2.81. The van der Waals surface area contributed by atoms with Gasteiger partial charge in [0.25, 0.3) is 0 Å². The maximum atomic E-state index is 5.87. The SMILES string of the molecule is NC[C@@H](Cl)c1ccc(Cl)cc1. The molecule has 0 radical (unpaired) electrons. The van der Waals surface area contributed by atoms with Crippen LogP contribution in [0.5, 0.6) is 0 Å². The van der Waals surface area contributed by atoms with Crippen LogP contribution < -0.4 is 5.73 Å². The van der Waals surface area contributed by atoms with Crippen molar-refractivity contribution in [3.63, 3.8) is 0 Å². The van der Waals surface area contributed by atoms with Gasteiger partial charge in [-0.1, -0.05) is 23.7 Å². The Hall–Kier alpha value is -0.240. The normalized spacial score (nSPS) is 13.0. The highest BCUT2D eigenvalue weighted by atomic mass is 35.5. The van der Waals surface area contributed by atoms with E-state index in [4.69, 9.17) is 28.9 Å². The van der Waals surface area contributed by atoms with Crippen LogP contribution in [-0.2, 0) is 0 Å². The van der Waals surface area contributed by atoms with Gasteiger partial charge in [-0.3, -0.25) is 0 Å². The van der Waals surface area contributed by atoms with Gasteiger partial charge < -0.3 is 5.73 Å². The molecule has 0 fully saturated rings. The molecule has 60 valence electrons. The van der Waals surface area contributed by atoms with Crippen molar-refractivity contribution >= 4 is 23.2 Å². The molecule has 1 nitrogen and oxygen atoms in total. The number of hydrogen-bond donors (Lipinski definition) is 1. The van der Waals surface area contributed by atoms with Crippen molar-refractivity contribution in [2.24, 2.45) is 5.73 Å². The quantitative estimate of drug-likeness (QED) is 0.712. The third-order valence-electron chi connectivity index (χ3n) is 1.44. The monoisotopic (exact) mass is 189 g/mol. The molecular formula is C8H9Cl2N. The van der Waals surface area contributed by atoms with Crippen LogP contribution in [0.15, 0.2) is 24.3 Å². The van der Waals surface area contributed by atoms with Crippen molar-refractivity contribution in [3.8, 4) is 0 Å². The summed E-state index contributed by atoms with van der Waals surface area (Å²) in [6, 6.07) is 7.38. The van der Waals surface area contributed by atoms with E-state index < -0.39 is 0 Å². The average molecular weight is 190 g/mol. The zero-order valence-corrected chi connectivity index (χ0v) is 7.44. The summed E-state index contributed by atoms with van der Waals surface area (Å²) in [7, 11) is 0. The molecule has 1 atom stereocenters. The molecule has 0 unspecified atom stereocenters. The first-order chi connectivity index (χ1) is 5.24. The Morgan fingerprint density at radius 2 is 1.82 bits per heavy atom. The molecule has 0 aromatic heterocycles. The summed E-state index contributed by atoms with van der Waals surface area (Å²) in [6.45, 7) is 0.448. The molecule has 1 rings (SSSR count). The van der Waals surface area contributed by atoms with E-state index in [0.717, 1.165) is 10.6 Å². The average Bonchev–Trinajstić information content (AvgIpc) is 2.05. The molecule has 0 amide bonds. The fourth-order valence-corrected chi connectivity index (χ4v) is 1.08. The lowest BCUT2D eigenvalue weighted by Gasteiger charge is -2.05. The van der Waals surface area contributed by atoms with E-state index in [1.165, 1.54) is 0 Å². The zero-order valence-electron chi connectivity index (χ0n) is 5.93. The number of benzene rings is 1. The van der Waals surface area contributed by atoms with Crippen molar-refractivity contribution in [1.29, 1.82) is 0 Å². The maximum absolute atomic E-state index is 5.87. The van der Waals surface area contributed by atoms with Gasteiger partial charge in [-0.25, -0.2) is 0 Å². The molecule has 0 saturated carbocycles. The molecule has 1 aromatic carbocycles. The standard InChI is InChI=1S/C8H9Cl2N/c9-7-3-1-6(2-4-7)8(10)5-11/h1-4,8H,5,11H2/t8-/m1/s1. The second kappa shape index (κ2) is 3.96. The van der Waals surface area contributed by atoms with Gasteiger partial charge in [-0.15, -0.1) is 11.6 Å². The number of hydrogen-bond acceptors (Lipinski definition) is 1. The number of halogens is 2. The van der Waals surface area contributed by atoms with E-state index in [1.807, 2.05) is 24.3 Å². The van der Waals surface area contributed by atoms with Crippen LogP contribution in [0.2, 0.25) is 5.02 Å².